The highest BCUT2D eigenvalue weighted by atomic mass is 32.2. The van der Waals surface area contributed by atoms with Crippen molar-refractivity contribution in [1.82, 2.24) is 18.8 Å². The van der Waals surface area contributed by atoms with E-state index in [1.807, 2.05) is 48.0 Å². The van der Waals surface area contributed by atoms with Gasteiger partial charge in [0.05, 0.1) is 21.9 Å². The number of benzene rings is 2. The van der Waals surface area contributed by atoms with Crippen LogP contribution in [0.3, 0.4) is 0 Å². The molecule has 8 nitrogen and oxygen atoms in total. The fraction of sp³-hybridized carbons (Fsp3) is 0.261. The van der Waals surface area contributed by atoms with Crippen LogP contribution in [0.4, 0.5) is 0 Å². The Hall–Kier alpha value is -3.13. The van der Waals surface area contributed by atoms with E-state index in [-0.39, 0.29) is 35.2 Å². The highest BCUT2D eigenvalue weighted by Crippen LogP contribution is 2.24. The SMILES string of the molecule is Cc1ccccc1-n1ccnc1SCC(=O)N1CCN(S(=O)(=O)c2ccccc2C#N)CC1. The quantitative estimate of drug-likeness (QED) is 0.502. The number of piperazine rings is 1. The van der Waals surface area contributed by atoms with E-state index < -0.39 is 10.0 Å². The minimum atomic E-state index is -3.79. The van der Waals surface area contributed by atoms with Gasteiger partial charge in [-0.05, 0) is 30.7 Å². The number of imidazole rings is 1. The Morgan fingerprint density at radius 1 is 1.09 bits per heavy atom. The second kappa shape index (κ2) is 9.79. The van der Waals surface area contributed by atoms with Gasteiger partial charge in [-0.1, -0.05) is 42.1 Å². The number of sulfonamides is 1. The smallest absolute Gasteiger partial charge is 0.244 e. The number of aryl methyl sites for hydroxylation is 1. The van der Waals surface area contributed by atoms with Crippen LogP contribution in [0.5, 0.6) is 0 Å². The lowest BCUT2D eigenvalue weighted by atomic mass is 10.2. The highest BCUT2D eigenvalue weighted by Gasteiger charge is 2.31. The molecule has 0 bridgehead atoms. The van der Waals surface area contributed by atoms with E-state index in [9.17, 15) is 18.5 Å². The zero-order chi connectivity index (χ0) is 23.4. The van der Waals surface area contributed by atoms with E-state index in [1.54, 1.807) is 23.2 Å². The molecular formula is C23H23N5O3S2. The number of nitrogens with zero attached hydrogens (tertiary/aromatic N) is 5. The third kappa shape index (κ3) is 4.80. The van der Waals surface area contributed by atoms with Crippen molar-refractivity contribution in [2.45, 2.75) is 17.0 Å². The highest BCUT2D eigenvalue weighted by molar-refractivity contribution is 7.99. The molecule has 10 heteroatoms. The van der Waals surface area contributed by atoms with E-state index in [1.165, 1.54) is 28.2 Å². The summed E-state index contributed by atoms with van der Waals surface area (Å²) in [6.07, 6.45) is 3.58. The molecule has 0 radical (unpaired) electrons. The van der Waals surface area contributed by atoms with Crippen LogP contribution < -0.4 is 0 Å². The van der Waals surface area contributed by atoms with Crippen molar-refractivity contribution >= 4 is 27.7 Å². The van der Waals surface area contributed by atoms with Gasteiger partial charge < -0.3 is 4.90 Å². The number of thioether (sulfide) groups is 1. The van der Waals surface area contributed by atoms with Crippen molar-refractivity contribution < 1.29 is 13.2 Å². The van der Waals surface area contributed by atoms with E-state index in [4.69, 9.17) is 0 Å². The monoisotopic (exact) mass is 481 g/mol. The fourth-order valence-corrected chi connectivity index (χ4v) is 6.17. The molecule has 0 atom stereocenters. The summed E-state index contributed by atoms with van der Waals surface area (Å²) < 4.78 is 29.3. The lowest BCUT2D eigenvalue weighted by molar-refractivity contribution is -0.129. The molecule has 2 heterocycles. The topological polar surface area (TPSA) is 99.3 Å². The van der Waals surface area contributed by atoms with Gasteiger partial charge in [0.15, 0.2) is 5.16 Å². The average molecular weight is 482 g/mol. The van der Waals surface area contributed by atoms with Crippen LogP contribution in [0, 0.1) is 18.3 Å². The molecule has 4 rings (SSSR count). The van der Waals surface area contributed by atoms with Gasteiger partial charge >= 0.3 is 0 Å². The van der Waals surface area contributed by atoms with Gasteiger partial charge in [-0.15, -0.1) is 0 Å². The summed E-state index contributed by atoms with van der Waals surface area (Å²) >= 11 is 1.36. The molecule has 1 saturated heterocycles. The van der Waals surface area contributed by atoms with Gasteiger partial charge in [-0.25, -0.2) is 13.4 Å². The minimum absolute atomic E-state index is 0.00544. The second-order valence-electron chi connectivity index (χ2n) is 7.55. The molecule has 33 heavy (non-hydrogen) atoms. The molecule has 0 aliphatic carbocycles. The molecule has 1 aromatic heterocycles. The summed E-state index contributed by atoms with van der Waals surface area (Å²) in [6, 6.07) is 16.1. The summed E-state index contributed by atoms with van der Waals surface area (Å²) in [4.78, 5) is 18.9. The fourth-order valence-electron chi connectivity index (χ4n) is 3.73. The molecule has 1 aliphatic rings. The Morgan fingerprint density at radius 3 is 2.52 bits per heavy atom. The zero-order valence-electron chi connectivity index (χ0n) is 18.1. The molecule has 1 fully saturated rings. The first-order valence-corrected chi connectivity index (χ1v) is 12.8. The summed E-state index contributed by atoms with van der Waals surface area (Å²) in [5, 5.41) is 9.97. The zero-order valence-corrected chi connectivity index (χ0v) is 19.7. The van der Waals surface area contributed by atoms with E-state index in [0.29, 0.717) is 13.1 Å². The number of rotatable bonds is 6. The molecule has 0 N–H and O–H groups in total. The number of aromatic nitrogens is 2. The molecule has 2 aromatic carbocycles. The summed E-state index contributed by atoms with van der Waals surface area (Å²) in [7, 11) is -3.79. The van der Waals surface area contributed by atoms with E-state index in [2.05, 4.69) is 4.98 Å². The van der Waals surface area contributed by atoms with Crippen LogP contribution >= 0.6 is 11.8 Å². The number of para-hydroxylation sites is 1. The van der Waals surface area contributed by atoms with Crippen molar-refractivity contribution in [2.24, 2.45) is 0 Å². The number of amides is 1. The standard InChI is InChI=1S/C23H23N5O3S2/c1-18-6-2-4-8-20(18)28-11-10-25-23(28)32-17-22(29)26-12-14-27(15-13-26)33(30,31)21-9-5-3-7-19(21)16-24/h2-11H,12-15,17H2,1H3. The van der Waals surface area contributed by atoms with Crippen LogP contribution in [0.15, 0.2) is 71.0 Å². The van der Waals surface area contributed by atoms with E-state index >= 15 is 0 Å². The Morgan fingerprint density at radius 2 is 1.79 bits per heavy atom. The van der Waals surface area contributed by atoms with Gasteiger partial charge in [0.25, 0.3) is 0 Å². The number of carbonyl (C=O) groups is 1. The van der Waals surface area contributed by atoms with Crippen molar-refractivity contribution in [3.05, 3.63) is 72.1 Å². The van der Waals surface area contributed by atoms with Gasteiger partial charge in [-0.2, -0.15) is 9.57 Å². The normalized spacial score (nSPS) is 14.7. The van der Waals surface area contributed by atoms with Crippen LogP contribution in [-0.2, 0) is 14.8 Å². The molecular weight excluding hydrogens is 458 g/mol. The summed E-state index contributed by atoms with van der Waals surface area (Å²) in [5.41, 5.74) is 2.25. The molecule has 0 spiro atoms. The molecule has 1 amide bonds. The Labute approximate surface area is 197 Å². The van der Waals surface area contributed by atoms with Crippen molar-refractivity contribution in [3.63, 3.8) is 0 Å². The molecule has 0 unspecified atom stereocenters. The van der Waals surface area contributed by atoms with Crippen LogP contribution in [0.2, 0.25) is 0 Å². The predicted molar refractivity (Wildman–Crippen MR) is 126 cm³/mol. The molecule has 1 aliphatic heterocycles. The minimum Gasteiger partial charge on any atom is -0.339 e. The van der Waals surface area contributed by atoms with Crippen molar-refractivity contribution in [2.75, 3.05) is 31.9 Å². The number of nitriles is 1. The lowest BCUT2D eigenvalue weighted by Gasteiger charge is -2.34. The van der Waals surface area contributed by atoms with Gasteiger partial charge in [0, 0.05) is 38.6 Å². The second-order valence-corrected chi connectivity index (χ2v) is 10.4. The van der Waals surface area contributed by atoms with Gasteiger partial charge in [0.1, 0.15) is 6.07 Å². The number of hydrogen-bond acceptors (Lipinski definition) is 6. The van der Waals surface area contributed by atoms with Gasteiger partial charge in [-0.3, -0.25) is 9.36 Å². The van der Waals surface area contributed by atoms with E-state index in [0.717, 1.165) is 16.4 Å². The van der Waals surface area contributed by atoms with Crippen molar-refractivity contribution in [3.8, 4) is 11.8 Å². The number of hydrogen-bond donors (Lipinski definition) is 0. The Kier molecular flexibility index (Phi) is 6.83. The van der Waals surface area contributed by atoms with Gasteiger partial charge in [0.2, 0.25) is 15.9 Å². The van der Waals surface area contributed by atoms with Crippen LogP contribution in [0.25, 0.3) is 5.69 Å². The average Bonchev–Trinajstić information content (AvgIpc) is 3.31. The Balaban J connectivity index is 1.37. The maximum absolute atomic E-state index is 13.0. The first kappa shape index (κ1) is 23.0. The largest absolute Gasteiger partial charge is 0.339 e. The Bertz CT molecular complexity index is 1310. The number of carbonyl (C=O) groups excluding carboxylic acids is 1. The third-order valence-electron chi connectivity index (χ3n) is 5.52. The molecule has 170 valence electrons. The van der Waals surface area contributed by atoms with Crippen molar-refractivity contribution in [1.29, 1.82) is 5.26 Å². The first-order chi connectivity index (χ1) is 15.9. The molecule has 0 saturated carbocycles. The maximum atomic E-state index is 13.0. The first-order valence-electron chi connectivity index (χ1n) is 10.4. The van der Waals surface area contributed by atoms with Crippen LogP contribution in [-0.4, -0.2) is 65.0 Å². The third-order valence-corrected chi connectivity index (χ3v) is 8.43. The maximum Gasteiger partial charge on any atom is 0.244 e. The molecule has 3 aromatic rings. The lowest BCUT2D eigenvalue weighted by Crippen LogP contribution is -2.51. The predicted octanol–water partition coefficient (Wildman–Crippen LogP) is 2.68. The summed E-state index contributed by atoms with van der Waals surface area (Å²) in [6.45, 7) is 3.02. The summed E-state index contributed by atoms with van der Waals surface area (Å²) in [5.74, 6) is 0.154. The van der Waals surface area contributed by atoms with Crippen LogP contribution in [0.1, 0.15) is 11.1 Å².